The van der Waals surface area contributed by atoms with E-state index < -0.39 is 11.0 Å². The van der Waals surface area contributed by atoms with Crippen LogP contribution in [0.15, 0.2) is 66.7 Å². The zero-order valence-electron chi connectivity index (χ0n) is 17.4. The van der Waals surface area contributed by atoms with Gasteiger partial charge < -0.3 is 15.2 Å². The maximum Gasteiger partial charge on any atom is 0.407 e. The lowest BCUT2D eigenvalue weighted by atomic mass is 9.98. The van der Waals surface area contributed by atoms with E-state index in [9.17, 15) is 24.8 Å². The molecule has 3 aromatic rings. The second-order valence-corrected chi connectivity index (χ2v) is 7.46. The van der Waals surface area contributed by atoms with Crippen molar-refractivity contribution in [2.75, 3.05) is 13.2 Å². The molecule has 0 bridgehead atoms. The maximum absolute atomic E-state index is 12.2. The monoisotopic (exact) mass is 444 g/mol. The summed E-state index contributed by atoms with van der Waals surface area (Å²) in [5.74, 6) is -0.421. The van der Waals surface area contributed by atoms with E-state index in [0.717, 1.165) is 34.4 Å². The van der Waals surface area contributed by atoms with Crippen LogP contribution in [0.5, 0.6) is 5.75 Å². The predicted octanol–water partition coefficient (Wildman–Crippen LogP) is 4.66. The van der Waals surface area contributed by atoms with Gasteiger partial charge in [0, 0.05) is 30.2 Å². The van der Waals surface area contributed by atoms with Crippen molar-refractivity contribution in [3.05, 3.63) is 99.1 Å². The van der Waals surface area contributed by atoms with Crippen molar-refractivity contribution < 1.29 is 24.4 Å². The molecule has 1 amide bonds. The number of phenols is 1. The smallest absolute Gasteiger partial charge is 0.407 e. The van der Waals surface area contributed by atoms with E-state index in [1.54, 1.807) is 0 Å². The summed E-state index contributed by atoms with van der Waals surface area (Å²) in [6.07, 6.45) is 2.61. The summed E-state index contributed by atoms with van der Waals surface area (Å²) in [7, 11) is 0. The molecule has 3 aromatic carbocycles. The maximum atomic E-state index is 12.2. The van der Waals surface area contributed by atoms with E-state index in [4.69, 9.17) is 4.74 Å². The Morgan fingerprint density at radius 3 is 2.27 bits per heavy atom. The van der Waals surface area contributed by atoms with Gasteiger partial charge in [-0.3, -0.25) is 14.9 Å². The lowest BCUT2D eigenvalue weighted by Gasteiger charge is -2.14. The molecule has 0 atom stereocenters. The molecule has 4 rings (SSSR count). The van der Waals surface area contributed by atoms with E-state index in [0.29, 0.717) is 6.29 Å². The molecule has 33 heavy (non-hydrogen) atoms. The minimum absolute atomic E-state index is 0.0535. The van der Waals surface area contributed by atoms with E-state index >= 15 is 0 Å². The highest BCUT2D eigenvalue weighted by molar-refractivity contribution is 5.84. The quantitative estimate of drug-likeness (QED) is 0.311. The second kappa shape index (κ2) is 9.35. The molecule has 0 spiro atoms. The number of non-ortho nitro benzene ring substituents is 1. The van der Waals surface area contributed by atoms with Gasteiger partial charge in [0.05, 0.1) is 10.5 Å². The van der Waals surface area contributed by atoms with Crippen LogP contribution in [0, 0.1) is 10.1 Å². The summed E-state index contributed by atoms with van der Waals surface area (Å²) in [4.78, 5) is 33.6. The zero-order valence-corrected chi connectivity index (χ0v) is 17.4. The molecule has 0 aromatic heterocycles. The molecule has 1 aliphatic rings. The first-order valence-electron chi connectivity index (χ1n) is 10.2. The summed E-state index contributed by atoms with van der Waals surface area (Å²) in [5, 5.41) is 23.6. The Morgan fingerprint density at radius 1 is 1.06 bits per heavy atom. The van der Waals surface area contributed by atoms with E-state index in [-0.39, 0.29) is 41.6 Å². The number of fused-ring (bicyclic) bond motifs is 3. The molecule has 0 unspecified atom stereocenters. The fraction of sp³-hybridized carbons (Fsp3) is 0.120. The molecule has 2 N–H and O–H groups in total. The number of rotatable bonds is 7. The van der Waals surface area contributed by atoms with Gasteiger partial charge in [-0.1, -0.05) is 60.7 Å². The third-order valence-electron chi connectivity index (χ3n) is 5.50. The molecule has 0 heterocycles. The fourth-order valence-corrected chi connectivity index (χ4v) is 3.96. The molecule has 166 valence electrons. The van der Waals surface area contributed by atoms with Crippen molar-refractivity contribution in [1.82, 2.24) is 5.32 Å². The molecule has 0 aliphatic heterocycles. The first-order valence-corrected chi connectivity index (χ1v) is 10.2. The number of hydrogen-bond acceptors (Lipinski definition) is 6. The number of nitro benzene ring substituents is 1. The van der Waals surface area contributed by atoms with Crippen molar-refractivity contribution in [2.24, 2.45) is 0 Å². The van der Waals surface area contributed by atoms with Gasteiger partial charge in [0.1, 0.15) is 12.4 Å². The van der Waals surface area contributed by atoms with Gasteiger partial charge >= 0.3 is 6.09 Å². The van der Waals surface area contributed by atoms with Crippen LogP contribution < -0.4 is 5.32 Å². The number of alkyl carbamates (subject to hydrolysis) is 1. The third kappa shape index (κ3) is 4.45. The standard InChI is InChI=1S/C25H20N2O6/c28-14-17-13-18(27(31)32)12-16(24(17)29)6-5-11-26-25(30)33-15-23-21-9-3-1-7-19(21)20-8-2-4-10-22(20)23/h1-10,12-14,23,29H,11,15H2,(H,26,30). The topological polar surface area (TPSA) is 119 Å². The van der Waals surface area contributed by atoms with Crippen molar-refractivity contribution in [3.63, 3.8) is 0 Å². The Labute approximate surface area is 189 Å². The Kier molecular flexibility index (Phi) is 6.17. The van der Waals surface area contributed by atoms with Crippen LogP contribution in [0.25, 0.3) is 17.2 Å². The van der Waals surface area contributed by atoms with Gasteiger partial charge in [0.15, 0.2) is 6.29 Å². The third-order valence-corrected chi connectivity index (χ3v) is 5.50. The van der Waals surface area contributed by atoms with Crippen molar-refractivity contribution in [1.29, 1.82) is 0 Å². The molecule has 8 nitrogen and oxygen atoms in total. The highest BCUT2D eigenvalue weighted by Gasteiger charge is 2.28. The Morgan fingerprint density at radius 2 is 1.67 bits per heavy atom. The zero-order chi connectivity index (χ0) is 23.4. The number of carbonyl (C=O) groups excluding carboxylic acids is 2. The SMILES string of the molecule is O=Cc1cc([N+](=O)[O-])cc(C=CCNC(=O)OCC2c3ccccc3-c3ccccc32)c1O. The molecular formula is C25H20N2O6. The number of aromatic hydroxyl groups is 1. The van der Waals surface area contributed by atoms with Crippen LogP contribution in [0.4, 0.5) is 10.5 Å². The van der Waals surface area contributed by atoms with Gasteiger partial charge in [-0.15, -0.1) is 0 Å². The van der Waals surface area contributed by atoms with Crippen LogP contribution in [0.1, 0.15) is 33.0 Å². The van der Waals surface area contributed by atoms with Crippen LogP contribution in [0.3, 0.4) is 0 Å². The number of nitro groups is 1. The highest BCUT2D eigenvalue weighted by Crippen LogP contribution is 2.44. The number of ether oxygens (including phenoxy) is 1. The summed E-state index contributed by atoms with van der Waals surface area (Å²) >= 11 is 0. The fourth-order valence-electron chi connectivity index (χ4n) is 3.96. The lowest BCUT2D eigenvalue weighted by molar-refractivity contribution is -0.384. The molecule has 0 saturated heterocycles. The number of hydrogen-bond donors (Lipinski definition) is 2. The number of amides is 1. The Hall–Kier alpha value is -4.46. The lowest BCUT2D eigenvalue weighted by Crippen LogP contribution is -2.26. The minimum Gasteiger partial charge on any atom is -0.507 e. The van der Waals surface area contributed by atoms with Crippen molar-refractivity contribution >= 4 is 24.1 Å². The summed E-state index contributed by atoms with van der Waals surface area (Å²) in [6, 6.07) is 18.2. The van der Waals surface area contributed by atoms with Gasteiger partial charge in [0.25, 0.3) is 5.69 Å². The van der Waals surface area contributed by atoms with E-state index in [2.05, 4.69) is 17.4 Å². The van der Waals surface area contributed by atoms with Crippen LogP contribution in [0.2, 0.25) is 0 Å². The number of carbonyl (C=O) groups is 2. The van der Waals surface area contributed by atoms with Crippen LogP contribution in [-0.4, -0.2) is 35.6 Å². The Bertz CT molecular complexity index is 1220. The van der Waals surface area contributed by atoms with Gasteiger partial charge in [-0.25, -0.2) is 4.79 Å². The van der Waals surface area contributed by atoms with Crippen LogP contribution >= 0.6 is 0 Å². The largest absolute Gasteiger partial charge is 0.507 e. The number of nitrogens with zero attached hydrogens (tertiary/aromatic N) is 1. The molecule has 1 aliphatic carbocycles. The average Bonchev–Trinajstić information content (AvgIpc) is 3.15. The normalized spacial score (nSPS) is 12.2. The highest BCUT2D eigenvalue weighted by atomic mass is 16.6. The first kappa shape index (κ1) is 21.8. The van der Waals surface area contributed by atoms with Gasteiger partial charge in [-0.2, -0.15) is 0 Å². The summed E-state index contributed by atoms with van der Waals surface area (Å²) in [6.45, 7) is 0.243. The molecule has 8 heteroatoms. The minimum atomic E-state index is -0.654. The molecule has 0 saturated carbocycles. The Balaban J connectivity index is 1.37. The van der Waals surface area contributed by atoms with Crippen molar-refractivity contribution in [2.45, 2.75) is 5.92 Å². The number of aldehydes is 1. The molecule has 0 fully saturated rings. The number of phenolic OH excluding ortho intramolecular Hbond substituents is 1. The van der Waals surface area contributed by atoms with Gasteiger partial charge in [-0.05, 0) is 22.3 Å². The summed E-state index contributed by atoms with van der Waals surface area (Å²) < 4.78 is 5.43. The number of benzene rings is 3. The number of nitrogens with one attached hydrogen (secondary N) is 1. The molecular weight excluding hydrogens is 424 g/mol. The average molecular weight is 444 g/mol. The predicted molar refractivity (Wildman–Crippen MR) is 122 cm³/mol. The van der Waals surface area contributed by atoms with Gasteiger partial charge in [0.2, 0.25) is 0 Å². The second-order valence-electron chi connectivity index (χ2n) is 7.46. The van der Waals surface area contributed by atoms with E-state index in [1.807, 2.05) is 36.4 Å². The first-order chi connectivity index (χ1) is 16.0. The van der Waals surface area contributed by atoms with E-state index in [1.165, 1.54) is 12.2 Å². The van der Waals surface area contributed by atoms with Crippen LogP contribution in [-0.2, 0) is 4.74 Å². The molecule has 0 radical (unpaired) electrons. The summed E-state index contributed by atoms with van der Waals surface area (Å²) in [5.41, 5.74) is 4.08. The van der Waals surface area contributed by atoms with Crippen molar-refractivity contribution in [3.8, 4) is 16.9 Å².